The smallest absolute Gasteiger partial charge is 0.227 e. The topological polar surface area (TPSA) is 85.1 Å². The molecule has 27 heavy (non-hydrogen) atoms. The van der Waals surface area contributed by atoms with E-state index in [0.717, 1.165) is 21.3 Å². The van der Waals surface area contributed by atoms with Gasteiger partial charge in [-0.15, -0.1) is 20.4 Å². The van der Waals surface area contributed by atoms with Crippen LogP contribution in [0.4, 0.5) is 5.13 Å². The van der Waals surface area contributed by atoms with E-state index in [4.69, 9.17) is 0 Å². The SMILES string of the molecule is Cc1nnc(NC(=O)CCSc2nnc3cc(C)c4cccc(C)c4n23)s1. The van der Waals surface area contributed by atoms with Crippen molar-refractivity contribution in [1.29, 1.82) is 0 Å². The molecule has 0 atom stereocenters. The summed E-state index contributed by atoms with van der Waals surface area (Å²) in [4.78, 5) is 12.1. The lowest BCUT2D eigenvalue weighted by atomic mass is 10.1. The quantitative estimate of drug-likeness (QED) is 0.515. The summed E-state index contributed by atoms with van der Waals surface area (Å²) in [6.07, 6.45) is 0.362. The Hall–Kier alpha value is -2.52. The van der Waals surface area contributed by atoms with Gasteiger partial charge in [0.05, 0.1) is 5.52 Å². The molecule has 0 aliphatic rings. The van der Waals surface area contributed by atoms with E-state index in [-0.39, 0.29) is 5.91 Å². The van der Waals surface area contributed by atoms with Gasteiger partial charge in [0.25, 0.3) is 0 Å². The maximum atomic E-state index is 12.1. The fourth-order valence-corrected chi connectivity index (χ4v) is 4.48. The molecule has 0 aliphatic carbocycles. The summed E-state index contributed by atoms with van der Waals surface area (Å²) in [5, 5.41) is 22.6. The summed E-state index contributed by atoms with van der Waals surface area (Å²) < 4.78 is 2.08. The summed E-state index contributed by atoms with van der Waals surface area (Å²) in [5.41, 5.74) is 4.29. The van der Waals surface area contributed by atoms with E-state index in [1.54, 1.807) is 0 Å². The van der Waals surface area contributed by atoms with Crippen LogP contribution in [0.25, 0.3) is 16.6 Å². The Morgan fingerprint density at radius 3 is 2.78 bits per heavy atom. The molecule has 1 amide bonds. The van der Waals surface area contributed by atoms with Gasteiger partial charge in [-0.2, -0.15) is 0 Å². The third kappa shape index (κ3) is 3.52. The largest absolute Gasteiger partial charge is 0.301 e. The Labute approximate surface area is 164 Å². The zero-order chi connectivity index (χ0) is 19.0. The lowest BCUT2D eigenvalue weighted by Gasteiger charge is -2.09. The zero-order valence-electron chi connectivity index (χ0n) is 15.2. The molecule has 9 heteroatoms. The van der Waals surface area contributed by atoms with Crippen LogP contribution < -0.4 is 5.32 Å². The van der Waals surface area contributed by atoms with Crippen molar-refractivity contribution in [2.45, 2.75) is 32.3 Å². The lowest BCUT2D eigenvalue weighted by molar-refractivity contribution is -0.115. The van der Waals surface area contributed by atoms with Crippen molar-refractivity contribution in [1.82, 2.24) is 24.8 Å². The average molecular weight is 399 g/mol. The molecule has 3 aromatic heterocycles. The predicted octanol–water partition coefficient (Wildman–Crippen LogP) is 3.78. The van der Waals surface area contributed by atoms with Crippen molar-refractivity contribution < 1.29 is 4.79 Å². The molecule has 0 spiro atoms. The molecule has 0 bridgehead atoms. The van der Waals surface area contributed by atoms with Crippen LogP contribution in [-0.2, 0) is 4.79 Å². The van der Waals surface area contributed by atoms with E-state index in [1.165, 1.54) is 39.6 Å². The molecular weight excluding hydrogens is 380 g/mol. The molecule has 0 aliphatic heterocycles. The van der Waals surface area contributed by atoms with Crippen LogP contribution in [0.2, 0.25) is 0 Å². The molecule has 4 aromatic rings. The van der Waals surface area contributed by atoms with Crippen LogP contribution in [-0.4, -0.2) is 36.5 Å². The molecule has 1 aromatic carbocycles. The summed E-state index contributed by atoms with van der Waals surface area (Å²) in [5.74, 6) is 0.524. The molecule has 0 radical (unpaired) electrons. The van der Waals surface area contributed by atoms with Gasteiger partial charge in [0, 0.05) is 17.6 Å². The highest BCUT2D eigenvalue weighted by Gasteiger charge is 2.14. The van der Waals surface area contributed by atoms with Gasteiger partial charge in [-0.25, -0.2) is 0 Å². The van der Waals surface area contributed by atoms with Gasteiger partial charge in [0.15, 0.2) is 10.8 Å². The molecule has 0 unspecified atom stereocenters. The van der Waals surface area contributed by atoms with Crippen LogP contribution in [0, 0.1) is 20.8 Å². The fourth-order valence-electron chi connectivity index (χ4n) is 2.99. The fraction of sp³-hybridized carbons (Fsp3) is 0.278. The van der Waals surface area contributed by atoms with Crippen molar-refractivity contribution in [3.63, 3.8) is 0 Å². The normalized spacial score (nSPS) is 11.4. The van der Waals surface area contributed by atoms with E-state index < -0.39 is 0 Å². The molecule has 0 saturated heterocycles. The number of thioether (sulfide) groups is 1. The molecule has 4 rings (SSSR count). The Bertz CT molecular complexity index is 1150. The van der Waals surface area contributed by atoms with Crippen molar-refractivity contribution in [3.8, 4) is 0 Å². The van der Waals surface area contributed by atoms with E-state index in [1.807, 2.05) is 13.0 Å². The monoisotopic (exact) mass is 398 g/mol. The molecule has 138 valence electrons. The number of anilines is 1. The number of nitrogens with one attached hydrogen (secondary N) is 1. The maximum absolute atomic E-state index is 12.1. The van der Waals surface area contributed by atoms with E-state index in [9.17, 15) is 4.79 Å². The van der Waals surface area contributed by atoms with Crippen molar-refractivity contribution in [2.24, 2.45) is 0 Å². The zero-order valence-corrected chi connectivity index (χ0v) is 16.8. The highest BCUT2D eigenvalue weighted by molar-refractivity contribution is 7.99. The number of aromatic nitrogens is 5. The van der Waals surface area contributed by atoms with E-state index in [0.29, 0.717) is 17.3 Å². The second-order valence-electron chi connectivity index (χ2n) is 6.25. The first kappa shape index (κ1) is 17.9. The van der Waals surface area contributed by atoms with Gasteiger partial charge in [-0.05, 0) is 38.0 Å². The van der Waals surface area contributed by atoms with E-state index in [2.05, 4.69) is 62.2 Å². The number of fused-ring (bicyclic) bond motifs is 3. The maximum Gasteiger partial charge on any atom is 0.227 e. The highest BCUT2D eigenvalue weighted by atomic mass is 32.2. The number of hydrogen-bond acceptors (Lipinski definition) is 7. The summed E-state index contributed by atoms with van der Waals surface area (Å²) in [6, 6.07) is 8.31. The molecule has 3 heterocycles. The van der Waals surface area contributed by atoms with Crippen LogP contribution in [0.5, 0.6) is 0 Å². The number of aryl methyl sites for hydroxylation is 3. The number of rotatable bonds is 5. The first-order chi connectivity index (χ1) is 13.0. The first-order valence-electron chi connectivity index (χ1n) is 8.50. The van der Waals surface area contributed by atoms with Crippen LogP contribution in [0.1, 0.15) is 22.6 Å². The number of nitrogens with zero attached hydrogens (tertiary/aromatic N) is 5. The standard InChI is InChI=1S/C18H18N6OS2/c1-10-5-4-6-13-11(2)9-14-21-23-18(24(14)16(10)13)26-8-7-15(25)19-17-22-20-12(3)27-17/h4-6,9H,7-8H2,1-3H3,(H,19,22,25). The van der Waals surface area contributed by atoms with Gasteiger partial charge < -0.3 is 5.32 Å². The predicted molar refractivity (Wildman–Crippen MR) is 109 cm³/mol. The molecular formula is C18H18N6OS2. The third-order valence-electron chi connectivity index (χ3n) is 4.22. The van der Waals surface area contributed by atoms with Gasteiger partial charge in [-0.1, -0.05) is 41.3 Å². The minimum Gasteiger partial charge on any atom is -0.301 e. The van der Waals surface area contributed by atoms with Gasteiger partial charge >= 0.3 is 0 Å². The Morgan fingerprint density at radius 1 is 1.15 bits per heavy atom. The van der Waals surface area contributed by atoms with Crippen molar-refractivity contribution >= 4 is 50.7 Å². The first-order valence-corrected chi connectivity index (χ1v) is 10.3. The average Bonchev–Trinajstić information content (AvgIpc) is 3.21. The van der Waals surface area contributed by atoms with Crippen LogP contribution in [0.15, 0.2) is 29.4 Å². The Morgan fingerprint density at radius 2 is 2.00 bits per heavy atom. The highest BCUT2D eigenvalue weighted by Crippen LogP contribution is 2.28. The molecule has 0 saturated carbocycles. The summed E-state index contributed by atoms with van der Waals surface area (Å²) in [6.45, 7) is 6.03. The van der Waals surface area contributed by atoms with Crippen molar-refractivity contribution in [3.05, 3.63) is 40.4 Å². The van der Waals surface area contributed by atoms with E-state index >= 15 is 0 Å². The minimum atomic E-state index is -0.0793. The van der Waals surface area contributed by atoms with Crippen LogP contribution in [0.3, 0.4) is 0 Å². The third-order valence-corrected chi connectivity index (χ3v) is 5.91. The van der Waals surface area contributed by atoms with Crippen molar-refractivity contribution in [2.75, 3.05) is 11.1 Å². The van der Waals surface area contributed by atoms with Crippen LogP contribution >= 0.6 is 23.1 Å². The summed E-state index contributed by atoms with van der Waals surface area (Å²) >= 11 is 2.89. The Kier molecular flexibility index (Phi) is 4.79. The second kappa shape index (κ2) is 7.24. The van der Waals surface area contributed by atoms with Gasteiger partial charge in [-0.3, -0.25) is 9.20 Å². The minimum absolute atomic E-state index is 0.0793. The van der Waals surface area contributed by atoms with Gasteiger partial charge in [0.1, 0.15) is 5.01 Å². The number of benzene rings is 1. The number of pyridine rings is 1. The summed E-state index contributed by atoms with van der Waals surface area (Å²) in [7, 11) is 0. The Balaban J connectivity index is 1.53. The van der Waals surface area contributed by atoms with Gasteiger partial charge in [0.2, 0.25) is 11.0 Å². The second-order valence-corrected chi connectivity index (χ2v) is 8.49. The number of hydrogen-bond donors (Lipinski definition) is 1. The lowest BCUT2D eigenvalue weighted by Crippen LogP contribution is -2.12. The molecule has 7 nitrogen and oxygen atoms in total. The number of amides is 1. The number of carbonyl (C=O) groups is 1. The number of carbonyl (C=O) groups excluding carboxylic acids is 1. The molecule has 1 N–H and O–H groups in total. The number of para-hydroxylation sites is 1. The molecule has 0 fully saturated rings.